The topological polar surface area (TPSA) is 96.4 Å². The lowest BCUT2D eigenvalue weighted by molar-refractivity contribution is -0.160. The van der Waals surface area contributed by atoms with E-state index in [4.69, 9.17) is 9.84 Å². The van der Waals surface area contributed by atoms with Crippen molar-refractivity contribution in [2.75, 3.05) is 39.9 Å². The van der Waals surface area contributed by atoms with E-state index in [1.54, 1.807) is 13.8 Å². The second-order valence-electron chi connectivity index (χ2n) is 4.86. The highest BCUT2D eigenvalue weighted by molar-refractivity contribution is 5.81. The van der Waals surface area contributed by atoms with Crippen molar-refractivity contribution >= 4 is 18.0 Å². The summed E-state index contributed by atoms with van der Waals surface area (Å²) in [6.07, 6.45) is 0. The third-order valence-corrected chi connectivity index (χ3v) is 3.07. The van der Waals surface area contributed by atoms with Crippen molar-refractivity contribution in [2.24, 2.45) is 0 Å². The van der Waals surface area contributed by atoms with Gasteiger partial charge < -0.3 is 24.4 Å². The number of nitrogens with zero attached hydrogens (tertiary/aromatic N) is 2. The summed E-state index contributed by atoms with van der Waals surface area (Å²) in [6.45, 7) is 4.01. The van der Waals surface area contributed by atoms with Crippen LogP contribution >= 0.6 is 0 Å². The van der Waals surface area contributed by atoms with Gasteiger partial charge in [-0.2, -0.15) is 0 Å². The summed E-state index contributed by atoms with van der Waals surface area (Å²) in [5.41, 5.74) is -0.640. The number of esters is 1. The fraction of sp³-hybridized carbons (Fsp3) is 0.750. The molecule has 1 aliphatic rings. The molecule has 1 aliphatic heterocycles. The van der Waals surface area contributed by atoms with E-state index < -0.39 is 24.1 Å². The number of carboxylic acids is 1. The van der Waals surface area contributed by atoms with Crippen molar-refractivity contribution in [1.82, 2.24) is 9.80 Å². The quantitative estimate of drug-likeness (QED) is 0.679. The highest BCUT2D eigenvalue weighted by Gasteiger charge is 2.44. The van der Waals surface area contributed by atoms with Gasteiger partial charge in [-0.3, -0.25) is 4.79 Å². The van der Waals surface area contributed by atoms with Gasteiger partial charge >= 0.3 is 18.0 Å². The highest BCUT2D eigenvalue weighted by atomic mass is 16.5. The Kier molecular flexibility index (Phi) is 5.32. The summed E-state index contributed by atoms with van der Waals surface area (Å²) >= 11 is 0. The van der Waals surface area contributed by atoms with Gasteiger partial charge in [-0.05, 0) is 13.8 Å². The molecule has 2 amide bonds. The fourth-order valence-electron chi connectivity index (χ4n) is 1.96. The Morgan fingerprint density at radius 3 is 2.40 bits per heavy atom. The number of likely N-dealkylation sites (tertiary alicyclic amines) is 1. The Morgan fingerprint density at radius 2 is 1.95 bits per heavy atom. The molecular weight excluding hydrogens is 268 g/mol. The van der Waals surface area contributed by atoms with Crippen LogP contribution in [0, 0.1) is 0 Å². The van der Waals surface area contributed by atoms with Crippen LogP contribution in [0.2, 0.25) is 0 Å². The summed E-state index contributed by atoms with van der Waals surface area (Å²) in [7, 11) is 1.26. The Balaban J connectivity index is 2.46. The first kappa shape index (κ1) is 16.2. The molecule has 1 heterocycles. The number of methoxy groups -OCH3 is 1. The number of likely N-dealkylation sites (N-methyl/N-ethyl adjacent to an activating group) is 1. The largest absolute Gasteiger partial charge is 0.480 e. The molecule has 0 aromatic rings. The molecule has 1 N–H and O–H groups in total. The van der Waals surface area contributed by atoms with Crippen molar-refractivity contribution in [3.8, 4) is 0 Å². The third-order valence-electron chi connectivity index (χ3n) is 3.07. The van der Waals surface area contributed by atoms with Crippen LogP contribution in [0.4, 0.5) is 4.79 Å². The number of ether oxygens (including phenoxy) is 2. The molecule has 0 aliphatic carbocycles. The van der Waals surface area contributed by atoms with Gasteiger partial charge in [0, 0.05) is 6.54 Å². The average Bonchev–Trinajstić information content (AvgIpc) is 2.38. The maximum absolute atomic E-state index is 12.1. The molecule has 0 saturated carbocycles. The zero-order valence-corrected chi connectivity index (χ0v) is 11.9. The van der Waals surface area contributed by atoms with E-state index in [0.717, 1.165) is 0 Å². The predicted octanol–water partition coefficient (Wildman–Crippen LogP) is -0.223. The molecule has 0 atom stereocenters. The molecule has 1 rings (SSSR count). The molecule has 0 aromatic heterocycles. The molecule has 0 aromatic carbocycles. The normalized spacial score (nSPS) is 16.2. The van der Waals surface area contributed by atoms with E-state index in [2.05, 4.69) is 4.74 Å². The van der Waals surface area contributed by atoms with Gasteiger partial charge in [0.2, 0.25) is 0 Å². The molecular formula is C12H20N2O6. The first-order chi connectivity index (χ1) is 9.31. The number of carbonyl (C=O) groups excluding carboxylic acids is 2. The number of rotatable bonds is 6. The summed E-state index contributed by atoms with van der Waals surface area (Å²) in [5, 5.41) is 8.56. The van der Waals surface area contributed by atoms with E-state index in [1.165, 1.54) is 16.9 Å². The fourth-order valence-corrected chi connectivity index (χ4v) is 1.96. The monoisotopic (exact) mass is 288 g/mol. The van der Waals surface area contributed by atoms with Crippen molar-refractivity contribution in [3.05, 3.63) is 0 Å². The lowest BCUT2D eigenvalue weighted by Gasteiger charge is -2.48. The molecule has 8 heteroatoms. The van der Waals surface area contributed by atoms with Crippen LogP contribution in [0.5, 0.6) is 0 Å². The van der Waals surface area contributed by atoms with Crippen LogP contribution in [0.3, 0.4) is 0 Å². The number of hydrogen-bond donors (Lipinski definition) is 1. The molecule has 0 unspecified atom stereocenters. The first-order valence-corrected chi connectivity index (χ1v) is 6.27. The number of hydrogen-bond acceptors (Lipinski definition) is 5. The lowest BCUT2D eigenvalue weighted by Crippen LogP contribution is -2.65. The van der Waals surface area contributed by atoms with E-state index in [0.29, 0.717) is 19.6 Å². The summed E-state index contributed by atoms with van der Waals surface area (Å²) < 4.78 is 9.75. The van der Waals surface area contributed by atoms with Crippen LogP contribution in [0.1, 0.15) is 13.8 Å². The van der Waals surface area contributed by atoms with Gasteiger partial charge in [-0.15, -0.1) is 0 Å². The first-order valence-electron chi connectivity index (χ1n) is 6.27. The minimum Gasteiger partial charge on any atom is -0.480 e. The van der Waals surface area contributed by atoms with Gasteiger partial charge in [0.15, 0.2) is 0 Å². The zero-order chi connectivity index (χ0) is 15.3. The van der Waals surface area contributed by atoms with Crippen molar-refractivity contribution in [2.45, 2.75) is 19.4 Å². The Hall–Kier alpha value is -1.83. The number of amides is 2. The average molecular weight is 288 g/mol. The maximum atomic E-state index is 12.1. The molecule has 20 heavy (non-hydrogen) atoms. The van der Waals surface area contributed by atoms with E-state index in [1.807, 2.05) is 0 Å². The van der Waals surface area contributed by atoms with E-state index in [9.17, 15) is 14.4 Å². The summed E-state index contributed by atoms with van der Waals surface area (Å²) in [5.74, 6) is -1.53. The van der Waals surface area contributed by atoms with Crippen molar-refractivity contribution in [1.29, 1.82) is 0 Å². The standard InChI is InChI=1S/C12H20N2O6/c1-4-13(5-10(17)19-3)11(18)14-7-12(2,8-14)20-6-9(15)16/h4-8H2,1-3H3,(H,15,16). The van der Waals surface area contributed by atoms with Gasteiger partial charge in [0.1, 0.15) is 18.8 Å². The Labute approximate surface area is 117 Å². The SMILES string of the molecule is CCN(CC(=O)OC)C(=O)N1CC(C)(OCC(=O)O)C1. The second-order valence-corrected chi connectivity index (χ2v) is 4.86. The van der Waals surface area contributed by atoms with E-state index in [-0.39, 0.29) is 12.6 Å². The van der Waals surface area contributed by atoms with Gasteiger partial charge in [-0.1, -0.05) is 0 Å². The van der Waals surface area contributed by atoms with Gasteiger partial charge in [-0.25, -0.2) is 9.59 Å². The summed E-state index contributed by atoms with van der Waals surface area (Å²) in [6, 6.07) is -0.283. The molecule has 0 spiro atoms. The van der Waals surface area contributed by atoms with Crippen molar-refractivity contribution in [3.63, 3.8) is 0 Å². The Morgan fingerprint density at radius 1 is 1.35 bits per heavy atom. The number of carboxylic acid groups (broad SMARTS) is 1. The highest BCUT2D eigenvalue weighted by Crippen LogP contribution is 2.25. The zero-order valence-electron chi connectivity index (χ0n) is 11.9. The van der Waals surface area contributed by atoms with Crippen LogP contribution in [0.25, 0.3) is 0 Å². The minimum atomic E-state index is -1.04. The van der Waals surface area contributed by atoms with Crippen LogP contribution in [0.15, 0.2) is 0 Å². The molecule has 114 valence electrons. The van der Waals surface area contributed by atoms with Crippen LogP contribution < -0.4 is 0 Å². The second kappa shape index (κ2) is 6.56. The molecule has 0 bridgehead atoms. The lowest BCUT2D eigenvalue weighted by atomic mass is 9.97. The Bertz CT molecular complexity index is 391. The minimum absolute atomic E-state index is 0.102. The maximum Gasteiger partial charge on any atom is 0.329 e. The molecule has 8 nitrogen and oxygen atoms in total. The van der Waals surface area contributed by atoms with Crippen molar-refractivity contribution < 1.29 is 29.0 Å². The number of carbonyl (C=O) groups is 3. The van der Waals surface area contributed by atoms with Crippen LogP contribution in [-0.4, -0.2) is 78.4 Å². The molecule has 1 fully saturated rings. The van der Waals surface area contributed by atoms with Gasteiger partial charge in [0.05, 0.1) is 20.2 Å². The van der Waals surface area contributed by atoms with E-state index >= 15 is 0 Å². The smallest absolute Gasteiger partial charge is 0.329 e. The molecule has 0 radical (unpaired) electrons. The molecule has 1 saturated heterocycles. The summed E-state index contributed by atoms with van der Waals surface area (Å²) in [4.78, 5) is 36.6. The third kappa shape index (κ3) is 4.09. The number of aliphatic carboxylic acids is 1. The van der Waals surface area contributed by atoms with Crippen LogP contribution in [-0.2, 0) is 19.1 Å². The predicted molar refractivity (Wildman–Crippen MR) is 68.2 cm³/mol. The number of urea groups is 1. The van der Waals surface area contributed by atoms with Gasteiger partial charge in [0.25, 0.3) is 0 Å².